The highest BCUT2D eigenvalue weighted by molar-refractivity contribution is 5.49. The topological polar surface area (TPSA) is 33.7 Å². The Balaban J connectivity index is 1.97. The van der Waals surface area contributed by atoms with E-state index in [-0.39, 0.29) is 0 Å². The quantitative estimate of drug-likeness (QED) is 0.919. The number of fused-ring (bicyclic) bond motifs is 1. The maximum absolute atomic E-state index is 5.64. The Bertz CT molecular complexity index is 453. The summed E-state index contributed by atoms with van der Waals surface area (Å²) < 4.78 is 11.0. The second kappa shape index (κ2) is 6.02. The average molecular weight is 276 g/mol. The van der Waals surface area contributed by atoms with Crippen LogP contribution in [0.2, 0.25) is 0 Å². The normalized spacial score (nSPS) is 23.2. The molecule has 1 saturated heterocycles. The van der Waals surface area contributed by atoms with Crippen LogP contribution >= 0.6 is 0 Å². The number of methoxy groups -OCH3 is 2. The molecule has 1 N–H and O–H groups in total. The minimum atomic E-state index is 0.430. The lowest BCUT2D eigenvalue weighted by Crippen LogP contribution is -2.42. The van der Waals surface area contributed by atoms with Gasteiger partial charge in [0.05, 0.1) is 20.3 Å². The van der Waals surface area contributed by atoms with Crippen LogP contribution in [0.1, 0.15) is 36.4 Å². The monoisotopic (exact) mass is 276 g/mol. The fourth-order valence-electron chi connectivity index (χ4n) is 3.45. The molecule has 0 spiro atoms. The molecular formula is C16H24N2O2. The molecule has 1 aromatic rings. The number of ether oxygens (including phenoxy) is 2. The van der Waals surface area contributed by atoms with Crippen LogP contribution in [0.15, 0.2) is 12.1 Å². The van der Waals surface area contributed by atoms with Gasteiger partial charge in [0.1, 0.15) is 11.5 Å². The first-order valence-electron chi connectivity index (χ1n) is 7.53. The van der Waals surface area contributed by atoms with Crippen LogP contribution in [0.5, 0.6) is 11.5 Å². The molecular weight excluding hydrogens is 252 g/mol. The van der Waals surface area contributed by atoms with E-state index in [0.717, 1.165) is 24.6 Å². The number of benzene rings is 1. The first kappa shape index (κ1) is 13.7. The van der Waals surface area contributed by atoms with E-state index in [0.29, 0.717) is 6.04 Å². The molecule has 3 rings (SSSR count). The zero-order valence-electron chi connectivity index (χ0n) is 12.4. The van der Waals surface area contributed by atoms with Crippen molar-refractivity contribution in [1.29, 1.82) is 0 Å². The molecule has 0 aliphatic carbocycles. The molecule has 1 fully saturated rings. The van der Waals surface area contributed by atoms with Gasteiger partial charge in [-0.2, -0.15) is 0 Å². The van der Waals surface area contributed by atoms with E-state index in [4.69, 9.17) is 9.47 Å². The molecule has 1 atom stereocenters. The highest BCUT2D eigenvalue weighted by Gasteiger charge is 2.30. The van der Waals surface area contributed by atoms with Gasteiger partial charge in [0.2, 0.25) is 0 Å². The van der Waals surface area contributed by atoms with Gasteiger partial charge >= 0.3 is 0 Å². The second-order valence-corrected chi connectivity index (χ2v) is 5.65. The Labute approximate surface area is 121 Å². The summed E-state index contributed by atoms with van der Waals surface area (Å²) in [6.07, 6.45) is 3.98. The molecule has 0 aromatic heterocycles. The standard InChI is InChI=1S/C16H24N2O2/c1-19-13-8-12-10-17-11-14(16(12)15(9-13)20-2)18-6-4-3-5-7-18/h8-9,14,17H,3-7,10-11H2,1-2H3/t14-/m1/s1. The molecule has 4 nitrogen and oxygen atoms in total. The van der Waals surface area contributed by atoms with Crippen molar-refractivity contribution >= 4 is 0 Å². The number of likely N-dealkylation sites (tertiary alicyclic amines) is 1. The predicted molar refractivity (Wildman–Crippen MR) is 79.4 cm³/mol. The first-order valence-corrected chi connectivity index (χ1v) is 7.53. The third-order valence-electron chi connectivity index (χ3n) is 4.47. The number of piperidine rings is 1. The maximum Gasteiger partial charge on any atom is 0.127 e. The third-order valence-corrected chi connectivity index (χ3v) is 4.47. The van der Waals surface area contributed by atoms with Crippen LogP contribution in [0.4, 0.5) is 0 Å². The Hall–Kier alpha value is -1.26. The van der Waals surface area contributed by atoms with Crippen LogP contribution in [0.25, 0.3) is 0 Å². The molecule has 2 aliphatic rings. The summed E-state index contributed by atoms with van der Waals surface area (Å²) in [5.74, 6) is 1.85. The molecule has 0 unspecified atom stereocenters. The number of hydrogen-bond acceptors (Lipinski definition) is 4. The lowest BCUT2D eigenvalue weighted by molar-refractivity contribution is 0.151. The lowest BCUT2D eigenvalue weighted by Gasteiger charge is -2.39. The summed E-state index contributed by atoms with van der Waals surface area (Å²) in [7, 11) is 3.46. The van der Waals surface area contributed by atoms with E-state index in [1.165, 1.54) is 43.5 Å². The SMILES string of the molecule is COc1cc2c(c(OC)c1)[C@H](N1CCCCC1)CNC2. The largest absolute Gasteiger partial charge is 0.497 e. The molecule has 2 aliphatic heterocycles. The van der Waals surface area contributed by atoms with Crippen LogP contribution in [0.3, 0.4) is 0 Å². The molecule has 20 heavy (non-hydrogen) atoms. The molecule has 110 valence electrons. The molecule has 2 heterocycles. The van der Waals surface area contributed by atoms with Crippen molar-refractivity contribution in [3.63, 3.8) is 0 Å². The van der Waals surface area contributed by atoms with Gasteiger partial charge in [-0.25, -0.2) is 0 Å². The number of hydrogen-bond donors (Lipinski definition) is 1. The Morgan fingerprint density at radius 1 is 1.10 bits per heavy atom. The summed E-state index contributed by atoms with van der Waals surface area (Å²) in [5.41, 5.74) is 2.66. The Morgan fingerprint density at radius 3 is 2.60 bits per heavy atom. The lowest BCUT2D eigenvalue weighted by atomic mass is 9.92. The van der Waals surface area contributed by atoms with Gasteiger partial charge in [-0.15, -0.1) is 0 Å². The van der Waals surface area contributed by atoms with Gasteiger partial charge in [-0.3, -0.25) is 4.90 Å². The van der Waals surface area contributed by atoms with Crippen LogP contribution in [-0.4, -0.2) is 38.8 Å². The van der Waals surface area contributed by atoms with E-state index < -0.39 is 0 Å². The van der Waals surface area contributed by atoms with Crippen molar-refractivity contribution in [3.05, 3.63) is 23.3 Å². The molecule has 4 heteroatoms. The Morgan fingerprint density at radius 2 is 1.90 bits per heavy atom. The van der Waals surface area contributed by atoms with Crippen molar-refractivity contribution in [2.45, 2.75) is 31.8 Å². The maximum atomic E-state index is 5.64. The van der Waals surface area contributed by atoms with E-state index >= 15 is 0 Å². The zero-order valence-corrected chi connectivity index (χ0v) is 12.4. The molecule has 0 bridgehead atoms. The molecule has 0 radical (unpaired) electrons. The zero-order chi connectivity index (χ0) is 13.9. The summed E-state index contributed by atoms with van der Waals surface area (Å²) in [6.45, 7) is 4.30. The second-order valence-electron chi connectivity index (χ2n) is 5.65. The smallest absolute Gasteiger partial charge is 0.127 e. The van der Waals surface area contributed by atoms with Gasteiger partial charge in [-0.1, -0.05) is 6.42 Å². The summed E-state index contributed by atoms with van der Waals surface area (Å²) in [6, 6.07) is 4.59. The minimum absolute atomic E-state index is 0.430. The molecule has 1 aromatic carbocycles. The van der Waals surface area contributed by atoms with Gasteiger partial charge < -0.3 is 14.8 Å². The van der Waals surface area contributed by atoms with Crippen molar-refractivity contribution in [3.8, 4) is 11.5 Å². The third kappa shape index (κ3) is 2.50. The van der Waals surface area contributed by atoms with Crippen molar-refractivity contribution in [1.82, 2.24) is 10.2 Å². The number of rotatable bonds is 3. The van der Waals surface area contributed by atoms with Gasteiger partial charge in [-0.05, 0) is 37.6 Å². The van der Waals surface area contributed by atoms with Crippen LogP contribution < -0.4 is 14.8 Å². The Kier molecular flexibility index (Phi) is 4.13. The van der Waals surface area contributed by atoms with Gasteiger partial charge in [0, 0.05) is 24.7 Å². The fourth-order valence-corrected chi connectivity index (χ4v) is 3.45. The van der Waals surface area contributed by atoms with Crippen molar-refractivity contribution in [2.75, 3.05) is 33.9 Å². The number of nitrogens with one attached hydrogen (secondary N) is 1. The highest BCUT2D eigenvalue weighted by atomic mass is 16.5. The average Bonchev–Trinajstić information content (AvgIpc) is 2.53. The van der Waals surface area contributed by atoms with Crippen molar-refractivity contribution in [2.24, 2.45) is 0 Å². The van der Waals surface area contributed by atoms with E-state index in [2.05, 4.69) is 16.3 Å². The fraction of sp³-hybridized carbons (Fsp3) is 0.625. The minimum Gasteiger partial charge on any atom is -0.497 e. The highest BCUT2D eigenvalue weighted by Crippen LogP contribution is 2.38. The summed E-state index contributed by atoms with van der Waals surface area (Å²) >= 11 is 0. The van der Waals surface area contributed by atoms with Crippen LogP contribution in [-0.2, 0) is 6.54 Å². The molecule has 0 saturated carbocycles. The van der Waals surface area contributed by atoms with E-state index in [9.17, 15) is 0 Å². The van der Waals surface area contributed by atoms with Gasteiger partial charge in [0.15, 0.2) is 0 Å². The molecule has 0 amide bonds. The van der Waals surface area contributed by atoms with Crippen LogP contribution in [0, 0.1) is 0 Å². The predicted octanol–water partition coefficient (Wildman–Crippen LogP) is 2.33. The summed E-state index contributed by atoms with van der Waals surface area (Å²) in [5, 5.41) is 3.54. The summed E-state index contributed by atoms with van der Waals surface area (Å²) in [4.78, 5) is 2.60. The number of nitrogens with zero attached hydrogens (tertiary/aromatic N) is 1. The van der Waals surface area contributed by atoms with Gasteiger partial charge in [0.25, 0.3) is 0 Å². The van der Waals surface area contributed by atoms with E-state index in [1.807, 2.05) is 6.07 Å². The first-order chi connectivity index (χ1) is 9.83. The van der Waals surface area contributed by atoms with E-state index in [1.54, 1.807) is 14.2 Å². The van der Waals surface area contributed by atoms with Crippen molar-refractivity contribution < 1.29 is 9.47 Å².